The van der Waals surface area contributed by atoms with Crippen molar-refractivity contribution in [3.8, 4) is 0 Å². The maximum absolute atomic E-state index is 13.5. The molecule has 2 unspecified atom stereocenters. The van der Waals surface area contributed by atoms with Gasteiger partial charge in [-0.3, -0.25) is 9.59 Å². The SMILES string of the molecule is CCC(C)N(C(=O)Cn1c(CCCCCNC(=O)C2CCCCC2)nc2ccccc21)C(C)CC. The van der Waals surface area contributed by atoms with Crippen molar-refractivity contribution in [1.29, 1.82) is 0 Å². The predicted molar refractivity (Wildman–Crippen MR) is 143 cm³/mol. The van der Waals surface area contributed by atoms with Crippen molar-refractivity contribution >= 4 is 22.8 Å². The highest BCUT2D eigenvalue weighted by Gasteiger charge is 2.25. The predicted octanol–water partition coefficient (Wildman–Crippen LogP) is 5.87. The highest BCUT2D eigenvalue weighted by molar-refractivity contribution is 5.81. The first-order valence-electron chi connectivity index (χ1n) is 14.0. The smallest absolute Gasteiger partial charge is 0.243 e. The van der Waals surface area contributed by atoms with E-state index in [9.17, 15) is 9.59 Å². The number of hydrogen-bond donors (Lipinski definition) is 1. The molecule has 6 heteroatoms. The average molecular weight is 483 g/mol. The molecule has 1 heterocycles. The van der Waals surface area contributed by atoms with E-state index in [4.69, 9.17) is 4.98 Å². The number of amides is 2. The monoisotopic (exact) mass is 482 g/mol. The van der Waals surface area contributed by atoms with Crippen LogP contribution in [0.2, 0.25) is 0 Å². The van der Waals surface area contributed by atoms with Crippen molar-refractivity contribution in [2.45, 2.75) is 117 Å². The van der Waals surface area contributed by atoms with E-state index in [1.165, 1.54) is 19.3 Å². The third kappa shape index (κ3) is 7.31. The lowest BCUT2D eigenvalue weighted by Gasteiger charge is -2.34. The zero-order valence-electron chi connectivity index (χ0n) is 22.4. The Morgan fingerprint density at radius 3 is 2.40 bits per heavy atom. The van der Waals surface area contributed by atoms with Gasteiger partial charge in [-0.15, -0.1) is 0 Å². The number of aryl methyl sites for hydroxylation is 1. The Bertz CT molecular complexity index is 937. The summed E-state index contributed by atoms with van der Waals surface area (Å²) in [4.78, 5) is 32.7. The van der Waals surface area contributed by atoms with E-state index < -0.39 is 0 Å². The lowest BCUT2D eigenvalue weighted by atomic mass is 9.89. The molecule has 2 atom stereocenters. The number of imidazole rings is 1. The fraction of sp³-hybridized carbons (Fsp3) is 0.690. The summed E-state index contributed by atoms with van der Waals surface area (Å²) in [6.45, 7) is 9.66. The normalized spacial score (nSPS) is 16.2. The van der Waals surface area contributed by atoms with Crippen molar-refractivity contribution in [3.63, 3.8) is 0 Å². The van der Waals surface area contributed by atoms with Gasteiger partial charge in [0.05, 0.1) is 11.0 Å². The second-order valence-corrected chi connectivity index (χ2v) is 10.4. The van der Waals surface area contributed by atoms with Crippen LogP contribution in [0.15, 0.2) is 24.3 Å². The Morgan fingerprint density at radius 2 is 1.71 bits per heavy atom. The molecular weight excluding hydrogens is 436 g/mol. The maximum Gasteiger partial charge on any atom is 0.243 e. The molecule has 1 aliphatic carbocycles. The molecule has 1 aliphatic rings. The standard InChI is InChI=1S/C29H46N4O2/c1-5-22(3)33(23(4)6-2)28(34)21-32-26-18-13-12-17-25(26)31-27(32)19-11-8-14-20-30-29(35)24-15-9-7-10-16-24/h12-13,17-18,22-24H,5-11,14-16,19-21H2,1-4H3,(H,30,35). The third-order valence-electron chi connectivity index (χ3n) is 7.80. The number of hydrogen-bond acceptors (Lipinski definition) is 3. The molecule has 194 valence electrons. The van der Waals surface area contributed by atoms with Crippen LogP contribution in [0.4, 0.5) is 0 Å². The van der Waals surface area contributed by atoms with Gasteiger partial charge >= 0.3 is 0 Å². The van der Waals surface area contributed by atoms with Crippen molar-refractivity contribution in [2.75, 3.05) is 6.54 Å². The van der Waals surface area contributed by atoms with Crippen molar-refractivity contribution in [1.82, 2.24) is 19.8 Å². The van der Waals surface area contributed by atoms with Crippen LogP contribution < -0.4 is 5.32 Å². The van der Waals surface area contributed by atoms with E-state index in [0.29, 0.717) is 6.54 Å². The lowest BCUT2D eigenvalue weighted by molar-refractivity contribution is -0.136. The number of nitrogens with one attached hydrogen (secondary N) is 1. The number of carbonyl (C=O) groups is 2. The van der Waals surface area contributed by atoms with Crippen LogP contribution in [-0.2, 0) is 22.6 Å². The van der Waals surface area contributed by atoms with Crippen molar-refractivity contribution < 1.29 is 9.59 Å². The van der Waals surface area contributed by atoms with E-state index >= 15 is 0 Å². The number of unbranched alkanes of at least 4 members (excludes halogenated alkanes) is 2. The average Bonchev–Trinajstić information content (AvgIpc) is 3.23. The highest BCUT2D eigenvalue weighted by Crippen LogP contribution is 2.24. The minimum atomic E-state index is 0.170. The first-order chi connectivity index (χ1) is 17.0. The van der Waals surface area contributed by atoms with Gasteiger partial charge in [0.25, 0.3) is 0 Å². The number of rotatable bonds is 13. The van der Waals surface area contributed by atoms with Crippen LogP contribution in [0, 0.1) is 5.92 Å². The molecule has 1 fully saturated rings. The summed E-state index contributed by atoms with van der Waals surface area (Å²) in [7, 11) is 0. The van der Waals surface area contributed by atoms with Gasteiger partial charge in [-0.2, -0.15) is 0 Å². The summed E-state index contributed by atoms with van der Waals surface area (Å²) in [6, 6.07) is 8.56. The van der Waals surface area contributed by atoms with E-state index in [2.05, 4.69) is 48.5 Å². The van der Waals surface area contributed by atoms with E-state index in [-0.39, 0.29) is 29.8 Å². The number of nitrogens with zero attached hydrogens (tertiary/aromatic N) is 3. The molecule has 3 rings (SSSR count). The molecular formula is C29H46N4O2. The van der Waals surface area contributed by atoms with E-state index in [1.54, 1.807) is 0 Å². The first kappa shape index (κ1) is 27.2. The second kappa shape index (κ2) is 13.6. The van der Waals surface area contributed by atoms with Crippen molar-refractivity contribution in [2.24, 2.45) is 5.92 Å². The summed E-state index contributed by atoms with van der Waals surface area (Å²) in [5.41, 5.74) is 1.98. The van der Waals surface area contributed by atoms with Crippen LogP contribution in [-0.4, -0.2) is 44.9 Å². The Labute approximate surface area is 211 Å². The molecule has 0 saturated heterocycles. The van der Waals surface area contributed by atoms with Crippen LogP contribution in [0.25, 0.3) is 11.0 Å². The Hall–Kier alpha value is -2.37. The maximum atomic E-state index is 13.5. The zero-order valence-corrected chi connectivity index (χ0v) is 22.4. The number of carbonyl (C=O) groups excluding carboxylic acids is 2. The lowest BCUT2D eigenvalue weighted by Crippen LogP contribution is -2.45. The van der Waals surface area contributed by atoms with Crippen molar-refractivity contribution in [3.05, 3.63) is 30.1 Å². The molecule has 2 aromatic rings. The summed E-state index contributed by atoms with van der Waals surface area (Å²) in [5.74, 6) is 1.63. The second-order valence-electron chi connectivity index (χ2n) is 10.4. The highest BCUT2D eigenvalue weighted by atomic mass is 16.2. The van der Waals surface area contributed by atoms with E-state index in [0.717, 1.165) is 74.8 Å². The number of fused-ring (bicyclic) bond motifs is 1. The molecule has 0 aliphatic heterocycles. The largest absolute Gasteiger partial charge is 0.356 e. The van der Waals surface area contributed by atoms with E-state index in [1.807, 2.05) is 18.2 Å². The minimum absolute atomic E-state index is 0.170. The molecule has 1 aromatic heterocycles. The van der Waals surface area contributed by atoms with Crippen LogP contribution >= 0.6 is 0 Å². The third-order valence-corrected chi connectivity index (χ3v) is 7.80. The Kier molecular flexibility index (Phi) is 10.6. The molecule has 1 saturated carbocycles. The zero-order chi connectivity index (χ0) is 25.2. The molecule has 1 aromatic carbocycles. The summed E-state index contributed by atoms with van der Waals surface area (Å²) < 4.78 is 2.13. The van der Waals surface area contributed by atoms with Gasteiger partial charge in [-0.25, -0.2) is 4.98 Å². The fourth-order valence-electron chi connectivity index (χ4n) is 5.33. The summed E-state index contributed by atoms with van der Waals surface area (Å²) >= 11 is 0. The number of para-hydroxylation sites is 2. The van der Waals surface area contributed by atoms with Crippen LogP contribution in [0.5, 0.6) is 0 Å². The van der Waals surface area contributed by atoms with Gasteiger partial charge in [0.2, 0.25) is 11.8 Å². The quantitative estimate of drug-likeness (QED) is 0.363. The fourth-order valence-corrected chi connectivity index (χ4v) is 5.33. The molecule has 1 N–H and O–H groups in total. The van der Waals surface area contributed by atoms with Crippen LogP contribution in [0.3, 0.4) is 0 Å². The van der Waals surface area contributed by atoms with Gasteiger partial charge in [0, 0.05) is 31.0 Å². The topological polar surface area (TPSA) is 67.2 Å². The van der Waals surface area contributed by atoms with Gasteiger partial charge in [-0.05, 0) is 64.5 Å². The molecule has 0 spiro atoms. The molecule has 2 amide bonds. The number of aromatic nitrogens is 2. The first-order valence-corrected chi connectivity index (χ1v) is 14.0. The molecule has 35 heavy (non-hydrogen) atoms. The summed E-state index contributed by atoms with van der Waals surface area (Å²) in [5, 5.41) is 3.14. The molecule has 0 radical (unpaired) electrons. The minimum Gasteiger partial charge on any atom is -0.356 e. The van der Waals surface area contributed by atoms with Gasteiger partial charge in [0.1, 0.15) is 12.4 Å². The molecule has 0 bridgehead atoms. The summed E-state index contributed by atoms with van der Waals surface area (Å²) in [6.07, 6.45) is 11.5. The van der Waals surface area contributed by atoms with Gasteiger partial charge < -0.3 is 14.8 Å². The van der Waals surface area contributed by atoms with Crippen LogP contribution in [0.1, 0.15) is 97.7 Å². The van der Waals surface area contributed by atoms with Gasteiger partial charge in [-0.1, -0.05) is 51.7 Å². The Morgan fingerprint density at radius 1 is 1.03 bits per heavy atom. The number of benzene rings is 1. The molecule has 6 nitrogen and oxygen atoms in total. The Balaban J connectivity index is 1.57. The van der Waals surface area contributed by atoms with Gasteiger partial charge in [0.15, 0.2) is 0 Å².